The second kappa shape index (κ2) is 10.4. The third kappa shape index (κ3) is 6.18. The first-order valence-electron chi connectivity index (χ1n) is 10.1. The predicted molar refractivity (Wildman–Crippen MR) is 116 cm³/mol. The molecule has 7 nitrogen and oxygen atoms in total. The maximum Gasteiger partial charge on any atom is 0.310 e. The van der Waals surface area contributed by atoms with Crippen LogP contribution in [-0.4, -0.2) is 23.6 Å². The van der Waals surface area contributed by atoms with Gasteiger partial charge in [-0.05, 0) is 49.6 Å². The molecule has 0 atom stereocenters. The van der Waals surface area contributed by atoms with Crippen molar-refractivity contribution in [3.05, 3.63) is 76.7 Å². The maximum absolute atomic E-state index is 12.1. The van der Waals surface area contributed by atoms with E-state index in [9.17, 15) is 9.59 Å². The number of ether oxygens (including phenoxy) is 2. The molecule has 1 N–H and O–H groups in total. The van der Waals surface area contributed by atoms with E-state index in [4.69, 9.17) is 14.0 Å². The highest BCUT2D eigenvalue weighted by molar-refractivity contribution is 5.93. The lowest BCUT2D eigenvalue weighted by molar-refractivity contribution is -0.146. The van der Waals surface area contributed by atoms with Gasteiger partial charge in [0.05, 0.1) is 17.7 Å². The Morgan fingerprint density at radius 1 is 1.06 bits per heavy atom. The number of amides is 1. The Bertz CT molecular complexity index is 1020. The average Bonchev–Trinajstić information content (AvgIpc) is 3.09. The Morgan fingerprint density at radius 2 is 1.81 bits per heavy atom. The lowest BCUT2D eigenvalue weighted by Gasteiger charge is -2.10. The smallest absolute Gasteiger partial charge is 0.310 e. The predicted octanol–water partition coefficient (Wildman–Crippen LogP) is 4.16. The first kappa shape index (κ1) is 22.1. The molecule has 1 aromatic heterocycles. The minimum absolute atomic E-state index is 0.0724. The number of nitrogens with zero attached hydrogens (tertiary/aromatic N) is 1. The molecule has 0 saturated carbocycles. The molecule has 0 fully saturated rings. The zero-order chi connectivity index (χ0) is 22.2. The van der Waals surface area contributed by atoms with Gasteiger partial charge in [-0.25, -0.2) is 0 Å². The lowest BCUT2D eigenvalue weighted by Crippen LogP contribution is -2.22. The summed E-state index contributed by atoms with van der Waals surface area (Å²) in [4.78, 5) is 24.2. The van der Waals surface area contributed by atoms with Gasteiger partial charge in [0.25, 0.3) is 5.91 Å². The molecule has 162 valence electrons. The molecule has 0 aliphatic heterocycles. The number of carbonyl (C=O) groups is 2. The molecule has 31 heavy (non-hydrogen) atoms. The van der Waals surface area contributed by atoms with E-state index in [1.807, 2.05) is 45.0 Å². The van der Waals surface area contributed by atoms with Crippen molar-refractivity contribution in [3.8, 4) is 5.75 Å². The maximum atomic E-state index is 12.1. The number of aryl methyl sites for hydroxylation is 3. The molecule has 0 aliphatic carbocycles. The van der Waals surface area contributed by atoms with Crippen molar-refractivity contribution >= 4 is 17.6 Å². The fourth-order valence-electron chi connectivity index (χ4n) is 3.07. The highest BCUT2D eigenvalue weighted by atomic mass is 16.5. The topological polar surface area (TPSA) is 90.7 Å². The van der Waals surface area contributed by atoms with Gasteiger partial charge in [0.1, 0.15) is 18.1 Å². The Labute approximate surface area is 181 Å². The summed E-state index contributed by atoms with van der Waals surface area (Å²) in [5.41, 5.74) is 4.26. The van der Waals surface area contributed by atoms with Crippen LogP contribution in [-0.2, 0) is 33.8 Å². The summed E-state index contributed by atoms with van der Waals surface area (Å²) in [6, 6.07) is 14.7. The summed E-state index contributed by atoms with van der Waals surface area (Å²) in [5, 5.41) is 6.68. The summed E-state index contributed by atoms with van der Waals surface area (Å²) in [6.45, 7) is 5.76. The van der Waals surface area contributed by atoms with Crippen molar-refractivity contribution in [2.75, 3.05) is 11.9 Å². The minimum atomic E-state index is -0.469. The first-order chi connectivity index (χ1) is 15.0. The van der Waals surface area contributed by atoms with E-state index in [1.165, 1.54) is 0 Å². The fraction of sp³-hybridized carbons (Fsp3) is 0.292. The molecule has 0 spiro atoms. The zero-order valence-corrected chi connectivity index (χ0v) is 17.9. The normalized spacial score (nSPS) is 10.5. The van der Waals surface area contributed by atoms with Gasteiger partial charge in [0, 0.05) is 5.69 Å². The summed E-state index contributed by atoms with van der Waals surface area (Å²) >= 11 is 0. The molecular weight excluding hydrogens is 396 g/mol. The Balaban J connectivity index is 1.44. The van der Waals surface area contributed by atoms with Gasteiger partial charge in [0.15, 0.2) is 6.61 Å². The van der Waals surface area contributed by atoms with Crippen molar-refractivity contribution in [1.82, 2.24) is 5.16 Å². The number of hydrogen-bond donors (Lipinski definition) is 1. The van der Waals surface area contributed by atoms with Gasteiger partial charge in [-0.2, -0.15) is 0 Å². The number of esters is 1. The number of hydrogen-bond acceptors (Lipinski definition) is 6. The van der Waals surface area contributed by atoms with Crippen LogP contribution in [0.25, 0.3) is 0 Å². The van der Waals surface area contributed by atoms with E-state index in [-0.39, 0.29) is 18.9 Å². The molecule has 1 heterocycles. The van der Waals surface area contributed by atoms with Crippen LogP contribution in [0, 0.1) is 13.8 Å². The van der Waals surface area contributed by atoms with Gasteiger partial charge < -0.3 is 19.3 Å². The monoisotopic (exact) mass is 422 g/mol. The fourth-order valence-corrected chi connectivity index (χ4v) is 3.07. The average molecular weight is 422 g/mol. The van der Waals surface area contributed by atoms with Crippen LogP contribution < -0.4 is 10.1 Å². The zero-order valence-electron chi connectivity index (χ0n) is 17.9. The molecule has 2 aromatic carbocycles. The van der Waals surface area contributed by atoms with Crippen LogP contribution in [0.4, 0.5) is 5.69 Å². The van der Waals surface area contributed by atoms with Crippen LogP contribution in [0.1, 0.15) is 35.1 Å². The SMILES string of the molecule is CCc1ccccc1NC(=O)COC(=O)Cc1ccc(OCc2c(C)noc2C)cc1. The van der Waals surface area contributed by atoms with Crippen molar-refractivity contribution < 1.29 is 23.6 Å². The summed E-state index contributed by atoms with van der Waals surface area (Å²) in [5.74, 6) is 0.575. The first-order valence-corrected chi connectivity index (χ1v) is 10.1. The highest BCUT2D eigenvalue weighted by Crippen LogP contribution is 2.18. The van der Waals surface area contributed by atoms with E-state index in [0.717, 1.165) is 40.3 Å². The van der Waals surface area contributed by atoms with Crippen molar-refractivity contribution in [2.45, 2.75) is 40.2 Å². The summed E-state index contributed by atoms with van der Waals surface area (Å²) in [6.07, 6.45) is 0.872. The van der Waals surface area contributed by atoms with E-state index >= 15 is 0 Å². The summed E-state index contributed by atoms with van der Waals surface area (Å²) in [7, 11) is 0. The van der Waals surface area contributed by atoms with Gasteiger partial charge in [0.2, 0.25) is 0 Å². The van der Waals surface area contributed by atoms with Gasteiger partial charge in [-0.1, -0.05) is 42.4 Å². The highest BCUT2D eigenvalue weighted by Gasteiger charge is 2.12. The van der Waals surface area contributed by atoms with Crippen LogP contribution in [0.5, 0.6) is 5.75 Å². The quantitative estimate of drug-likeness (QED) is 0.521. The molecule has 0 unspecified atom stereocenters. The Morgan fingerprint density at radius 3 is 2.48 bits per heavy atom. The summed E-state index contributed by atoms with van der Waals surface area (Å²) < 4.78 is 16.0. The van der Waals surface area contributed by atoms with E-state index in [1.54, 1.807) is 24.3 Å². The molecule has 3 aromatic rings. The Hall–Kier alpha value is -3.61. The molecule has 1 amide bonds. The molecule has 0 radical (unpaired) electrons. The van der Waals surface area contributed by atoms with Gasteiger partial charge >= 0.3 is 5.97 Å². The molecule has 7 heteroatoms. The third-order valence-corrected chi connectivity index (χ3v) is 4.87. The van der Waals surface area contributed by atoms with Crippen molar-refractivity contribution in [1.29, 1.82) is 0 Å². The van der Waals surface area contributed by atoms with Gasteiger partial charge in [-0.3, -0.25) is 9.59 Å². The van der Waals surface area contributed by atoms with E-state index < -0.39 is 5.97 Å². The van der Waals surface area contributed by atoms with E-state index in [2.05, 4.69) is 10.5 Å². The minimum Gasteiger partial charge on any atom is -0.489 e. The third-order valence-electron chi connectivity index (χ3n) is 4.87. The number of carbonyl (C=O) groups excluding carboxylic acids is 2. The number of aromatic nitrogens is 1. The molecule has 0 saturated heterocycles. The molecule has 0 bridgehead atoms. The van der Waals surface area contributed by atoms with Crippen LogP contribution >= 0.6 is 0 Å². The van der Waals surface area contributed by atoms with E-state index in [0.29, 0.717) is 12.4 Å². The number of nitrogens with one attached hydrogen (secondary N) is 1. The van der Waals surface area contributed by atoms with Crippen molar-refractivity contribution in [3.63, 3.8) is 0 Å². The Kier molecular flexibility index (Phi) is 7.43. The van der Waals surface area contributed by atoms with Crippen molar-refractivity contribution in [2.24, 2.45) is 0 Å². The second-order valence-electron chi connectivity index (χ2n) is 7.13. The standard InChI is InChI=1S/C24H26N2O5/c1-4-19-7-5-6-8-22(19)25-23(27)15-30-24(28)13-18-9-11-20(12-10-18)29-14-21-16(2)26-31-17(21)3/h5-12H,4,13-15H2,1-3H3,(H,25,27). The van der Waals surface area contributed by atoms with Crippen LogP contribution in [0.2, 0.25) is 0 Å². The number of para-hydroxylation sites is 1. The lowest BCUT2D eigenvalue weighted by atomic mass is 10.1. The largest absolute Gasteiger partial charge is 0.489 e. The van der Waals surface area contributed by atoms with Gasteiger partial charge in [-0.15, -0.1) is 0 Å². The van der Waals surface area contributed by atoms with Crippen LogP contribution in [0.3, 0.4) is 0 Å². The number of benzene rings is 2. The number of anilines is 1. The van der Waals surface area contributed by atoms with Crippen LogP contribution in [0.15, 0.2) is 53.1 Å². The molecule has 3 rings (SSSR count). The molecular formula is C24H26N2O5. The molecule has 0 aliphatic rings. The number of rotatable bonds is 9. The second-order valence-corrected chi connectivity index (χ2v) is 7.13.